The highest BCUT2D eigenvalue weighted by atomic mass is 32.2. The summed E-state index contributed by atoms with van der Waals surface area (Å²) < 4.78 is 94.7. The average Bonchev–Trinajstić information content (AvgIpc) is 3.29. The molecule has 10 nitrogen and oxygen atoms in total. The fourth-order valence-corrected chi connectivity index (χ4v) is 2.33. The minimum Gasteiger partial charge on any atom is -0.748 e. The largest absolute Gasteiger partial charge is 0.748 e. The third kappa shape index (κ3) is 23.5. The number of aromatic nitrogens is 4. The van der Waals surface area contributed by atoms with Gasteiger partial charge in [-0.25, -0.2) is 35.1 Å². The second-order valence-corrected chi connectivity index (χ2v) is 10.4. The van der Waals surface area contributed by atoms with Gasteiger partial charge in [-0.1, -0.05) is 33.1 Å². The summed E-state index contributed by atoms with van der Waals surface area (Å²) in [5, 5.41) is 0. The van der Waals surface area contributed by atoms with Crippen LogP contribution >= 0.6 is 0 Å². The van der Waals surface area contributed by atoms with Crippen molar-refractivity contribution >= 4 is 20.2 Å². The van der Waals surface area contributed by atoms with Gasteiger partial charge >= 0.3 is 5.51 Å². The van der Waals surface area contributed by atoms with Crippen LogP contribution in [0.4, 0.5) is 13.2 Å². The van der Waals surface area contributed by atoms with Crippen molar-refractivity contribution in [2.75, 3.05) is 6.26 Å². The van der Waals surface area contributed by atoms with Crippen molar-refractivity contribution < 1.29 is 48.2 Å². The van der Waals surface area contributed by atoms with Gasteiger partial charge in [0, 0.05) is 6.26 Å². The van der Waals surface area contributed by atoms with E-state index in [4.69, 9.17) is 25.9 Å². The molecular weight excluding hydrogens is 513 g/mol. The molecule has 0 unspecified atom stereocenters. The highest BCUT2D eigenvalue weighted by Gasteiger charge is 2.36. The van der Waals surface area contributed by atoms with Gasteiger partial charge in [0.15, 0.2) is 10.1 Å². The molecule has 15 heteroatoms. The Morgan fingerprint density at radius 3 is 1.37 bits per heavy atom. The van der Waals surface area contributed by atoms with Crippen molar-refractivity contribution in [2.24, 2.45) is 14.1 Å². The summed E-state index contributed by atoms with van der Waals surface area (Å²) >= 11 is 0. The van der Waals surface area contributed by atoms with Crippen molar-refractivity contribution in [1.29, 1.82) is 0 Å². The Kier molecular flexibility index (Phi) is 17.6. The predicted molar refractivity (Wildman–Crippen MR) is 122 cm³/mol. The van der Waals surface area contributed by atoms with Crippen LogP contribution in [0.3, 0.4) is 0 Å². The minimum absolute atomic E-state index is 0.604. The molecule has 0 spiro atoms. The molecule has 35 heavy (non-hydrogen) atoms. The van der Waals surface area contributed by atoms with Crippen LogP contribution in [0.5, 0.6) is 0 Å². The summed E-state index contributed by atoms with van der Waals surface area (Å²) in [6.07, 6.45) is 21.1. The molecule has 0 N–H and O–H groups in total. The Bertz CT molecular complexity index is 1010. The van der Waals surface area contributed by atoms with Gasteiger partial charge in [0.2, 0.25) is 12.7 Å². The molecule has 0 aliphatic carbocycles. The third-order valence-corrected chi connectivity index (χ3v) is 4.54. The van der Waals surface area contributed by atoms with Crippen LogP contribution < -0.4 is 9.13 Å². The molecule has 0 fully saturated rings. The zero-order valence-corrected chi connectivity index (χ0v) is 22.4. The lowest BCUT2D eigenvalue weighted by atomic mass is 10.2. The van der Waals surface area contributed by atoms with E-state index >= 15 is 0 Å². The first-order chi connectivity index (χ1) is 15.9. The van der Waals surface area contributed by atoms with Crippen molar-refractivity contribution in [3.63, 3.8) is 0 Å². The van der Waals surface area contributed by atoms with E-state index < -0.39 is 25.7 Å². The second kappa shape index (κ2) is 17.5. The summed E-state index contributed by atoms with van der Waals surface area (Å²) in [7, 11) is -5.90. The van der Waals surface area contributed by atoms with Gasteiger partial charge in [-0.15, -0.1) is 0 Å². The highest BCUT2D eigenvalue weighted by Crippen LogP contribution is 2.20. The first-order valence-corrected chi connectivity index (χ1v) is 14.1. The van der Waals surface area contributed by atoms with Crippen LogP contribution in [0.2, 0.25) is 0 Å². The standard InChI is InChI=1S/C10H19N2.C8H15N2.CHF3O3S.CH4O3S/c1-3-4-5-6-7-12-9-8-11(2)10-12;1-3-4-5-10-7-6-9(2)8-10;2-1(3,4)8(5,6)7;1-5(2,3)4/h8-10H,3-7H2,1-2H3;6-8H,3-5H2,1-2H3;(H,5,6,7);1H3,(H,2,3,4)/q2*+1;;/p-2. The summed E-state index contributed by atoms with van der Waals surface area (Å²) in [5.74, 6) is 0. The number of halogens is 3. The SMILES string of the molecule is CCCCCC[n+]1ccn(C)c1.CCCC[n+]1ccn(C)c1.CS(=O)(=O)[O-].O=S(=O)([O-])C(F)(F)F. The van der Waals surface area contributed by atoms with E-state index in [1.54, 1.807) is 0 Å². The van der Waals surface area contributed by atoms with Gasteiger partial charge in [-0.3, -0.25) is 0 Å². The normalized spacial score (nSPS) is 11.4. The van der Waals surface area contributed by atoms with Crippen molar-refractivity contribution in [2.45, 2.75) is 71.0 Å². The number of rotatable bonds is 8. The van der Waals surface area contributed by atoms with E-state index in [9.17, 15) is 13.2 Å². The Morgan fingerprint density at radius 1 is 0.771 bits per heavy atom. The quantitative estimate of drug-likeness (QED) is 0.214. The molecular formula is C20H37F3N4O6S2. The summed E-state index contributed by atoms with van der Waals surface area (Å²) in [6, 6.07) is 0. The molecule has 0 saturated heterocycles. The van der Waals surface area contributed by atoms with Crippen LogP contribution in [0.1, 0.15) is 52.4 Å². The number of aryl methyl sites for hydroxylation is 4. The first-order valence-electron chi connectivity index (χ1n) is 10.9. The maximum atomic E-state index is 10.7. The monoisotopic (exact) mass is 550 g/mol. The van der Waals surface area contributed by atoms with E-state index in [0.29, 0.717) is 6.26 Å². The zero-order chi connectivity index (χ0) is 27.7. The molecule has 0 aliphatic heterocycles. The molecule has 0 bridgehead atoms. The van der Waals surface area contributed by atoms with E-state index in [2.05, 4.69) is 76.6 Å². The molecule has 2 rings (SSSR count). The van der Waals surface area contributed by atoms with Crippen LogP contribution in [-0.2, 0) is 47.4 Å². The van der Waals surface area contributed by atoms with Crippen molar-refractivity contribution in [1.82, 2.24) is 9.13 Å². The third-order valence-electron chi connectivity index (χ3n) is 3.97. The van der Waals surface area contributed by atoms with E-state index in [-0.39, 0.29) is 0 Å². The Labute approximate surface area is 206 Å². The molecule has 0 amide bonds. The van der Waals surface area contributed by atoms with Gasteiger partial charge in [0.05, 0.1) is 37.3 Å². The van der Waals surface area contributed by atoms with Crippen molar-refractivity contribution in [3.05, 3.63) is 37.4 Å². The Morgan fingerprint density at radius 2 is 1.11 bits per heavy atom. The smallest absolute Gasteiger partial charge is 0.485 e. The molecule has 2 aromatic heterocycles. The number of hydrogen-bond acceptors (Lipinski definition) is 6. The number of imidazole rings is 2. The molecule has 0 saturated carbocycles. The lowest BCUT2D eigenvalue weighted by Crippen LogP contribution is -2.30. The van der Waals surface area contributed by atoms with Crippen LogP contribution in [0.25, 0.3) is 0 Å². The van der Waals surface area contributed by atoms with Gasteiger partial charge in [-0.05, 0) is 19.3 Å². The first kappa shape index (κ1) is 35.2. The summed E-state index contributed by atoms with van der Waals surface area (Å²) in [5.41, 5.74) is -5.65. The Balaban J connectivity index is 0. The van der Waals surface area contributed by atoms with E-state index in [1.807, 2.05) is 7.05 Å². The van der Waals surface area contributed by atoms with Crippen LogP contribution in [0.15, 0.2) is 37.4 Å². The Hall–Kier alpha value is -1.97. The lowest BCUT2D eigenvalue weighted by molar-refractivity contribution is -0.696. The summed E-state index contributed by atoms with van der Waals surface area (Å²) in [6.45, 7) is 6.78. The van der Waals surface area contributed by atoms with Gasteiger partial charge in [0.1, 0.15) is 24.8 Å². The van der Waals surface area contributed by atoms with Crippen LogP contribution in [0, 0.1) is 0 Å². The zero-order valence-electron chi connectivity index (χ0n) is 20.8. The molecule has 0 aliphatic rings. The fourth-order valence-electron chi connectivity index (χ4n) is 2.33. The molecule has 2 aromatic rings. The average molecular weight is 551 g/mol. The molecule has 0 aromatic carbocycles. The second-order valence-electron chi connectivity index (χ2n) is 7.65. The fraction of sp³-hybridized carbons (Fsp3) is 0.700. The number of unbranched alkanes of at least 4 members (excludes halogenated alkanes) is 4. The topological polar surface area (TPSA) is 132 Å². The van der Waals surface area contributed by atoms with Gasteiger partial charge in [-0.2, -0.15) is 13.2 Å². The minimum atomic E-state index is -6.09. The summed E-state index contributed by atoms with van der Waals surface area (Å²) in [4.78, 5) is 0. The van der Waals surface area contributed by atoms with Crippen molar-refractivity contribution in [3.8, 4) is 0 Å². The molecule has 0 radical (unpaired) electrons. The van der Waals surface area contributed by atoms with E-state index in [1.165, 1.54) is 45.1 Å². The lowest BCUT2D eigenvalue weighted by Gasteiger charge is -2.08. The number of nitrogens with zero attached hydrogens (tertiary/aromatic N) is 4. The van der Waals surface area contributed by atoms with Crippen LogP contribution in [-0.4, -0.2) is 46.8 Å². The number of alkyl halides is 3. The predicted octanol–water partition coefficient (Wildman–Crippen LogP) is 2.22. The molecule has 0 atom stereocenters. The van der Waals surface area contributed by atoms with Gasteiger partial charge in [0.25, 0.3) is 0 Å². The highest BCUT2D eigenvalue weighted by molar-refractivity contribution is 7.86. The van der Waals surface area contributed by atoms with Gasteiger partial charge < -0.3 is 9.11 Å². The number of hydrogen-bond donors (Lipinski definition) is 0. The maximum absolute atomic E-state index is 10.7. The maximum Gasteiger partial charge on any atom is 0.485 e. The molecule has 206 valence electrons. The molecule has 2 heterocycles. The van der Waals surface area contributed by atoms with E-state index in [0.717, 1.165) is 6.54 Å².